The van der Waals surface area contributed by atoms with Gasteiger partial charge in [0.05, 0.1) is 6.04 Å². The molecule has 0 aromatic heterocycles. The minimum atomic E-state index is -0.0829. The molecule has 1 saturated heterocycles. The Morgan fingerprint density at radius 3 is 2.90 bits per heavy atom. The topological polar surface area (TPSA) is 58.4 Å². The molecule has 1 aromatic rings. The van der Waals surface area contributed by atoms with Gasteiger partial charge < -0.3 is 11.1 Å². The van der Waals surface area contributed by atoms with E-state index >= 15 is 0 Å². The molecule has 2 unspecified atom stereocenters. The summed E-state index contributed by atoms with van der Waals surface area (Å²) in [7, 11) is 0. The van der Waals surface area contributed by atoms with E-state index in [1.165, 1.54) is 12.8 Å². The number of anilines is 1. The fourth-order valence-corrected chi connectivity index (χ4v) is 2.95. The van der Waals surface area contributed by atoms with E-state index in [9.17, 15) is 4.79 Å². The number of nitrogens with one attached hydrogen (secondary N) is 1. The Morgan fingerprint density at radius 1 is 1.45 bits per heavy atom. The van der Waals surface area contributed by atoms with Crippen LogP contribution in [0.1, 0.15) is 32.6 Å². The van der Waals surface area contributed by atoms with Crippen LogP contribution in [0, 0.1) is 0 Å². The van der Waals surface area contributed by atoms with Crippen LogP contribution in [0.5, 0.6) is 0 Å². The van der Waals surface area contributed by atoms with E-state index in [0.29, 0.717) is 6.04 Å². The summed E-state index contributed by atoms with van der Waals surface area (Å²) in [5, 5.41) is 2.99. The summed E-state index contributed by atoms with van der Waals surface area (Å²) in [6, 6.07) is 10.1. The molecular formula is C16H25N3O. The molecule has 0 bridgehead atoms. The quantitative estimate of drug-likeness (QED) is 0.837. The fraction of sp³-hybridized carbons (Fsp3) is 0.562. The number of benzene rings is 1. The number of nitrogens with two attached hydrogens (primary N) is 1. The van der Waals surface area contributed by atoms with Gasteiger partial charge in [-0.15, -0.1) is 0 Å². The summed E-state index contributed by atoms with van der Waals surface area (Å²) in [5.74, 6) is 0.0795. The first kappa shape index (κ1) is 15.0. The van der Waals surface area contributed by atoms with Crippen molar-refractivity contribution < 1.29 is 4.79 Å². The molecule has 0 saturated carbocycles. The Kier molecular flexibility index (Phi) is 5.56. The second-order valence-corrected chi connectivity index (χ2v) is 5.50. The first-order valence-electron chi connectivity index (χ1n) is 7.54. The van der Waals surface area contributed by atoms with Crippen LogP contribution in [0.25, 0.3) is 0 Å². The molecule has 4 nitrogen and oxygen atoms in total. The number of likely N-dealkylation sites (tertiary alicyclic amines) is 1. The van der Waals surface area contributed by atoms with Gasteiger partial charge in [0.1, 0.15) is 0 Å². The monoisotopic (exact) mass is 275 g/mol. The van der Waals surface area contributed by atoms with Crippen LogP contribution in [0.3, 0.4) is 0 Å². The van der Waals surface area contributed by atoms with Crippen molar-refractivity contribution in [3.63, 3.8) is 0 Å². The van der Waals surface area contributed by atoms with Crippen molar-refractivity contribution in [2.75, 3.05) is 18.4 Å². The normalized spacial score (nSPS) is 20.8. The smallest absolute Gasteiger partial charge is 0.241 e. The molecule has 3 N–H and O–H groups in total. The minimum absolute atomic E-state index is 0.0795. The average Bonchev–Trinajstić information content (AvgIpc) is 2.93. The maximum atomic E-state index is 12.3. The summed E-state index contributed by atoms with van der Waals surface area (Å²) in [4.78, 5) is 14.7. The Balaban J connectivity index is 1.92. The van der Waals surface area contributed by atoms with Crippen molar-refractivity contribution in [1.29, 1.82) is 0 Å². The molecule has 20 heavy (non-hydrogen) atoms. The molecule has 1 fully saturated rings. The van der Waals surface area contributed by atoms with Crippen molar-refractivity contribution in [2.24, 2.45) is 5.73 Å². The van der Waals surface area contributed by atoms with E-state index in [1.54, 1.807) is 0 Å². The summed E-state index contributed by atoms with van der Waals surface area (Å²) in [5.41, 5.74) is 6.46. The fourth-order valence-electron chi connectivity index (χ4n) is 2.95. The Bertz CT molecular complexity index is 421. The van der Waals surface area contributed by atoms with Gasteiger partial charge in [-0.2, -0.15) is 0 Å². The van der Waals surface area contributed by atoms with Crippen LogP contribution < -0.4 is 11.1 Å². The lowest BCUT2D eigenvalue weighted by Gasteiger charge is -2.29. The molecule has 4 heteroatoms. The SMILES string of the molecule is CC(C(=O)Nc1ccccc1)N1CCCC1CCCN. The number of carbonyl (C=O) groups is 1. The third-order valence-corrected chi connectivity index (χ3v) is 4.08. The van der Waals surface area contributed by atoms with Crippen LogP contribution in [0.2, 0.25) is 0 Å². The molecule has 1 heterocycles. The first-order valence-corrected chi connectivity index (χ1v) is 7.54. The zero-order valence-corrected chi connectivity index (χ0v) is 12.2. The largest absolute Gasteiger partial charge is 0.330 e. The highest BCUT2D eigenvalue weighted by Crippen LogP contribution is 2.24. The van der Waals surface area contributed by atoms with Crippen LogP contribution in [0.4, 0.5) is 5.69 Å². The van der Waals surface area contributed by atoms with E-state index < -0.39 is 0 Å². The van der Waals surface area contributed by atoms with Crippen molar-refractivity contribution >= 4 is 11.6 Å². The van der Waals surface area contributed by atoms with E-state index in [0.717, 1.165) is 31.6 Å². The van der Waals surface area contributed by atoms with Gasteiger partial charge in [-0.3, -0.25) is 9.69 Å². The van der Waals surface area contributed by atoms with Gasteiger partial charge in [-0.05, 0) is 57.8 Å². The summed E-state index contributed by atoms with van der Waals surface area (Å²) < 4.78 is 0. The Labute approximate surface area is 121 Å². The van der Waals surface area contributed by atoms with E-state index in [4.69, 9.17) is 5.73 Å². The molecular weight excluding hydrogens is 250 g/mol. The van der Waals surface area contributed by atoms with Gasteiger partial charge in [-0.1, -0.05) is 18.2 Å². The van der Waals surface area contributed by atoms with Gasteiger partial charge in [-0.25, -0.2) is 0 Å². The van der Waals surface area contributed by atoms with Gasteiger partial charge in [0, 0.05) is 11.7 Å². The van der Waals surface area contributed by atoms with Gasteiger partial charge in [0.15, 0.2) is 0 Å². The van der Waals surface area contributed by atoms with Crippen molar-refractivity contribution in [1.82, 2.24) is 4.90 Å². The molecule has 1 amide bonds. The average molecular weight is 275 g/mol. The lowest BCUT2D eigenvalue weighted by atomic mass is 10.1. The molecule has 2 rings (SSSR count). The summed E-state index contributed by atoms with van der Waals surface area (Å²) in [6.45, 7) is 3.74. The molecule has 0 aliphatic carbocycles. The van der Waals surface area contributed by atoms with E-state index in [2.05, 4.69) is 10.2 Å². The highest BCUT2D eigenvalue weighted by atomic mass is 16.2. The van der Waals surface area contributed by atoms with Crippen LogP contribution in [-0.2, 0) is 4.79 Å². The maximum absolute atomic E-state index is 12.3. The first-order chi connectivity index (χ1) is 9.72. The van der Waals surface area contributed by atoms with E-state index in [-0.39, 0.29) is 11.9 Å². The zero-order chi connectivity index (χ0) is 14.4. The van der Waals surface area contributed by atoms with Crippen molar-refractivity contribution in [3.8, 4) is 0 Å². The predicted molar refractivity (Wildman–Crippen MR) is 82.6 cm³/mol. The highest BCUT2D eigenvalue weighted by Gasteiger charge is 2.31. The third-order valence-electron chi connectivity index (χ3n) is 4.08. The number of rotatable bonds is 6. The third kappa shape index (κ3) is 3.81. The number of amides is 1. The Hall–Kier alpha value is -1.39. The van der Waals surface area contributed by atoms with Crippen molar-refractivity contribution in [3.05, 3.63) is 30.3 Å². The lowest BCUT2D eigenvalue weighted by molar-refractivity contribution is -0.121. The molecule has 0 spiro atoms. The second-order valence-electron chi connectivity index (χ2n) is 5.50. The molecule has 1 aliphatic rings. The summed E-state index contributed by atoms with van der Waals surface area (Å²) >= 11 is 0. The number of carbonyl (C=O) groups excluding carboxylic acids is 1. The highest BCUT2D eigenvalue weighted by molar-refractivity contribution is 5.94. The van der Waals surface area contributed by atoms with E-state index in [1.807, 2.05) is 37.3 Å². The summed E-state index contributed by atoms with van der Waals surface area (Å²) in [6.07, 6.45) is 4.49. The zero-order valence-electron chi connectivity index (χ0n) is 12.2. The predicted octanol–water partition coefficient (Wildman–Crippen LogP) is 2.22. The standard InChI is InChI=1S/C16H25N3O/c1-13(16(20)18-14-7-3-2-4-8-14)19-12-6-10-15(19)9-5-11-17/h2-4,7-8,13,15H,5-6,9-12,17H2,1H3,(H,18,20). The number of hydrogen-bond acceptors (Lipinski definition) is 3. The molecule has 0 radical (unpaired) electrons. The van der Waals surface area contributed by atoms with Gasteiger partial charge >= 0.3 is 0 Å². The molecule has 2 atom stereocenters. The molecule has 1 aromatic carbocycles. The Morgan fingerprint density at radius 2 is 2.20 bits per heavy atom. The number of para-hydroxylation sites is 1. The maximum Gasteiger partial charge on any atom is 0.241 e. The molecule has 110 valence electrons. The van der Waals surface area contributed by atoms with Gasteiger partial charge in [0.2, 0.25) is 5.91 Å². The van der Waals surface area contributed by atoms with Crippen LogP contribution >= 0.6 is 0 Å². The lowest BCUT2D eigenvalue weighted by Crippen LogP contribution is -2.44. The molecule has 1 aliphatic heterocycles. The van der Waals surface area contributed by atoms with Crippen LogP contribution in [0.15, 0.2) is 30.3 Å². The number of hydrogen-bond donors (Lipinski definition) is 2. The minimum Gasteiger partial charge on any atom is -0.330 e. The van der Waals surface area contributed by atoms with Crippen molar-refractivity contribution in [2.45, 2.75) is 44.7 Å². The second kappa shape index (κ2) is 7.41. The van der Waals surface area contributed by atoms with Gasteiger partial charge in [0.25, 0.3) is 0 Å². The van der Waals surface area contributed by atoms with Crippen LogP contribution in [-0.4, -0.2) is 36.0 Å². The number of nitrogens with zero attached hydrogens (tertiary/aromatic N) is 1.